The second kappa shape index (κ2) is 5.83. The molecule has 0 radical (unpaired) electrons. The van der Waals surface area contributed by atoms with E-state index in [2.05, 4.69) is 0 Å². The third-order valence-electron chi connectivity index (χ3n) is 4.56. The van der Waals surface area contributed by atoms with Crippen molar-refractivity contribution in [3.05, 3.63) is 0 Å². The molecule has 1 saturated carbocycles. The van der Waals surface area contributed by atoms with E-state index in [4.69, 9.17) is 5.11 Å². The van der Waals surface area contributed by atoms with Crippen LogP contribution in [0, 0.1) is 11.8 Å². The molecule has 2 fully saturated rings. The van der Waals surface area contributed by atoms with E-state index in [0.717, 1.165) is 22.6 Å². The number of hydrogen-bond acceptors (Lipinski definition) is 4. The molecule has 1 aliphatic carbocycles. The van der Waals surface area contributed by atoms with Gasteiger partial charge in [-0.15, -0.1) is 0 Å². The summed E-state index contributed by atoms with van der Waals surface area (Å²) in [4.78, 5) is 49.4. The monoisotopic (exact) mass is 296 g/mol. The van der Waals surface area contributed by atoms with Crippen LogP contribution in [0.25, 0.3) is 0 Å². The van der Waals surface area contributed by atoms with Gasteiger partial charge in [-0.3, -0.25) is 19.3 Å². The fraction of sp³-hybridized carbons (Fsp3) is 0.714. The zero-order valence-corrected chi connectivity index (χ0v) is 12.2. The molecule has 1 N–H and O–H groups in total. The van der Waals surface area contributed by atoms with Crippen molar-refractivity contribution in [1.82, 2.24) is 9.80 Å². The molecule has 2 rings (SSSR count). The maximum absolute atomic E-state index is 12.2. The summed E-state index contributed by atoms with van der Waals surface area (Å²) in [7, 11) is 1.36. The molecule has 0 aromatic rings. The number of carboxylic acid groups (broad SMARTS) is 1. The maximum Gasteiger partial charge on any atom is 0.326 e. The Labute approximate surface area is 122 Å². The van der Waals surface area contributed by atoms with Gasteiger partial charge in [-0.1, -0.05) is 12.8 Å². The molecule has 0 aromatic carbocycles. The Morgan fingerprint density at radius 3 is 2.14 bits per heavy atom. The lowest BCUT2D eigenvalue weighted by atomic mass is 9.81. The van der Waals surface area contributed by atoms with Crippen molar-refractivity contribution in [2.75, 3.05) is 13.6 Å². The van der Waals surface area contributed by atoms with Crippen molar-refractivity contribution in [2.45, 2.75) is 38.6 Å². The summed E-state index contributed by atoms with van der Waals surface area (Å²) >= 11 is 0. The minimum absolute atomic E-state index is 0.283. The van der Waals surface area contributed by atoms with Gasteiger partial charge in [0.2, 0.25) is 17.7 Å². The Kier molecular flexibility index (Phi) is 4.29. The number of hydrogen-bond donors (Lipinski definition) is 1. The number of carboxylic acids is 1. The maximum atomic E-state index is 12.2. The molecule has 0 spiro atoms. The van der Waals surface area contributed by atoms with Gasteiger partial charge in [0, 0.05) is 7.05 Å². The number of likely N-dealkylation sites (N-methyl/N-ethyl adjacent to an activating group) is 1. The van der Waals surface area contributed by atoms with Crippen LogP contribution in [0.3, 0.4) is 0 Å². The second-order valence-corrected chi connectivity index (χ2v) is 5.78. The van der Waals surface area contributed by atoms with Gasteiger partial charge in [-0.05, 0) is 19.8 Å². The molecule has 7 heteroatoms. The fourth-order valence-electron chi connectivity index (χ4n) is 3.02. The number of carbonyl (C=O) groups excluding carboxylic acids is 3. The van der Waals surface area contributed by atoms with Crippen LogP contribution in [-0.2, 0) is 19.2 Å². The van der Waals surface area contributed by atoms with E-state index in [1.807, 2.05) is 0 Å². The molecule has 2 aliphatic rings. The van der Waals surface area contributed by atoms with E-state index in [1.54, 1.807) is 0 Å². The van der Waals surface area contributed by atoms with Crippen molar-refractivity contribution < 1.29 is 24.3 Å². The Morgan fingerprint density at radius 1 is 1.24 bits per heavy atom. The van der Waals surface area contributed by atoms with Crippen LogP contribution in [0.2, 0.25) is 0 Å². The summed E-state index contributed by atoms with van der Waals surface area (Å²) in [6.45, 7) is 1.02. The predicted molar refractivity (Wildman–Crippen MR) is 72.0 cm³/mol. The summed E-state index contributed by atoms with van der Waals surface area (Å²) in [5, 5.41) is 8.89. The standard InChI is InChI=1S/C14H20N2O5/c1-8(14(20)21)15(2)11(17)7-16-12(18)9-5-3-4-6-10(9)13(16)19/h8-10H,3-7H2,1-2H3,(H,20,21). The van der Waals surface area contributed by atoms with Gasteiger partial charge in [-0.2, -0.15) is 0 Å². The fourth-order valence-corrected chi connectivity index (χ4v) is 3.02. The summed E-state index contributed by atoms with van der Waals surface area (Å²) < 4.78 is 0. The molecule has 0 aromatic heterocycles. The highest BCUT2D eigenvalue weighted by Gasteiger charge is 2.48. The lowest BCUT2D eigenvalue weighted by Gasteiger charge is -2.24. The lowest BCUT2D eigenvalue weighted by molar-refractivity contribution is -0.151. The Hall–Kier alpha value is -1.92. The summed E-state index contributed by atoms with van der Waals surface area (Å²) in [6, 6.07) is -0.993. The molecule has 1 aliphatic heterocycles. The van der Waals surface area contributed by atoms with E-state index in [1.165, 1.54) is 14.0 Å². The van der Waals surface area contributed by atoms with Gasteiger partial charge < -0.3 is 10.0 Å². The number of carbonyl (C=O) groups is 4. The Bertz CT molecular complexity index is 466. The third kappa shape index (κ3) is 2.77. The first kappa shape index (κ1) is 15.5. The van der Waals surface area contributed by atoms with Crippen molar-refractivity contribution in [3.63, 3.8) is 0 Å². The molecular weight excluding hydrogens is 276 g/mol. The van der Waals surface area contributed by atoms with E-state index < -0.39 is 17.9 Å². The van der Waals surface area contributed by atoms with Crippen molar-refractivity contribution in [1.29, 1.82) is 0 Å². The highest BCUT2D eigenvalue weighted by molar-refractivity contribution is 6.07. The summed E-state index contributed by atoms with van der Waals surface area (Å²) in [5.41, 5.74) is 0. The van der Waals surface area contributed by atoms with E-state index >= 15 is 0 Å². The molecule has 7 nitrogen and oxygen atoms in total. The quantitative estimate of drug-likeness (QED) is 0.742. The second-order valence-electron chi connectivity index (χ2n) is 5.78. The van der Waals surface area contributed by atoms with Crippen molar-refractivity contribution >= 4 is 23.7 Å². The molecule has 3 amide bonds. The average Bonchev–Trinajstić information content (AvgIpc) is 2.71. The van der Waals surface area contributed by atoms with Gasteiger partial charge in [0.05, 0.1) is 11.8 Å². The van der Waals surface area contributed by atoms with Gasteiger partial charge in [0.15, 0.2) is 0 Å². The van der Waals surface area contributed by atoms with E-state index in [9.17, 15) is 19.2 Å². The molecule has 0 bridgehead atoms. The predicted octanol–water partition coefficient (Wildman–Crippen LogP) is 0.0931. The minimum atomic E-state index is -1.13. The highest BCUT2D eigenvalue weighted by atomic mass is 16.4. The Balaban J connectivity index is 2.05. The van der Waals surface area contributed by atoms with E-state index in [0.29, 0.717) is 12.8 Å². The Morgan fingerprint density at radius 2 is 1.71 bits per heavy atom. The highest BCUT2D eigenvalue weighted by Crippen LogP contribution is 2.37. The van der Waals surface area contributed by atoms with Crippen LogP contribution >= 0.6 is 0 Å². The minimum Gasteiger partial charge on any atom is -0.480 e. The van der Waals surface area contributed by atoms with Gasteiger partial charge in [0.1, 0.15) is 12.6 Å². The van der Waals surface area contributed by atoms with Crippen LogP contribution in [-0.4, -0.2) is 58.2 Å². The van der Waals surface area contributed by atoms with Crippen molar-refractivity contribution in [2.24, 2.45) is 11.8 Å². The first-order valence-electron chi connectivity index (χ1n) is 7.18. The van der Waals surface area contributed by atoms with Gasteiger partial charge in [0.25, 0.3) is 0 Å². The number of nitrogens with zero attached hydrogens (tertiary/aromatic N) is 2. The van der Waals surface area contributed by atoms with Gasteiger partial charge >= 0.3 is 5.97 Å². The molecule has 1 heterocycles. The number of aliphatic carboxylic acids is 1. The zero-order valence-electron chi connectivity index (χ0n) is 12.2. The molecular formula is C14H20N2O5. The molecule has 3 unspecified atom stereocenters. The molecule has 116 valence electrons. The summed E-state index contributed by atoms with van der Waals surface area (Å²) in [5.74, 6) is -2.81. The van der Waals surface area contributed by atoms with Crippen LogP contribution in [0.5, 0.6) is 0 Å². The van der Waals surface area contributed by atoms with Crippen LogP contribution in [0.15, 0.2) is 0 Å². The molecule has 21 heavy (non-hydrogen) atoms. The van der Waals surface area contributed by atoms with Crippen molar-refractivity contribution in [3.8, 4) is 0 Å². The number of likely N-dealkylation sites (tertiary alicyclic amines) is 1. The first-order valence-corrected chi connectivity index (χ1v) is 7.18. The third-order valence-corrected chi connectivity index (χ3v) is 4.56. The smallest absolute Gasteiger partial charge is 0.326 e. The van der Waals surface area contributed by atoms with Crippen LogP contribution in [0.1, 0.15) is 32.6 Å². The largest absolute Gasteiger partial charge is 0.480 e. The zero-order chi connectivity index (χ0) is 15.7. The molecule has 3 atom stereocenters. The molecule has 1 saturated heterocycles. The number of imide groups is 1. The van der Waals surface area contributed by atoms with Crippen LogP contribution in [0.4, 0.5) is 0 Å². The normalized spacial score (nSPS) is 26.5. The number of amides is 3. The average molecular weight is 296 g/mol. The topological polar surface area (TPSA) is 95.0 Å². The lowest BCUT2D eigenvalue weighted by Crippen LogP contribution is -2.47. The van der Waals surface area contributed by atoms with Gasteiger partial charge in [-0.25, -0.2) is 4.79 Å². The summed E-state index contributed by atoms with van der Waals surface area (Å²) in [6.07, 6.45) is 3.25. The SMILES string of the molecule is CC(C(=O)O)N(C)C(=O)CN1C(=O)C2CCCCC2C1=O. The van der Waals surface area contributed by atoms with Crippen LogP contribution < -0.4 is 0 Å². The number of fused-ring (bicyclic) bond motifs is 1. The van der Waals surface area contributed by atoms with E-state index in [-0.39, 0.29) is 30.2 Å². The number of rotatable bonds is 4. The first-order chi connectivity index (χ1) is 9.84.